The third-order valence-electron chi connectivity index (χ3n) is 3.13. The molecule has 0 fully saturated rings. The SMILES string of the molecule is COc1ccc(COC2(F)C(F)=C(F)C2(F)F)c(C)c1. The molecule has 0 N–H and O–H groups in total. The Morgan fingerprint density at radius 3 is 2.25 bits per heavy atom. The van der Waals surface area contributed by atoms with Crippen LogP contribution in [0.3, 0.4) is 0 Å². The predicted octanol–water partition coefficient (Wildman–Crippen LogP) is 3.99. The quantitative estimate of drug-likeness (QED) is 0.782. The van der Waals surface area contributed by atoms with Gasteiger partial charge in [-0.15, -0.1) is 0 Å². The van der Waals surface area contributed by atoms with E-state index in [0.29, 0.717) is 16.9 Å². The molecule has 0 heterocycles. The summed E-state index contributed by atoms with van der Waals surface area (Å²) in [6.07, 6.45) is 0. The molecule has 0 amide bonds. The van der Waals surface area contributed by atoms with Crippen LogP contribution in [0.15, 0.2) is 29.9 Å². The van der Waals surface area contributed by atoms with Crippen molar-refractivity contribution in [1.82, 2.24) is 0 Å². The molecule has 0 radical (unpaired) electrons. The fraction of sp³-hybridized carbons (Fsp3) is 0.385. The van der Waals surface area contributed by atoms with Crippen LogP contribution >= 0.6 is 0 Å². The van der Waals surface area contributed by atoms with Crippen LogP contribution in [0.4, 0.5) is 22.0 Å². The molecule has 1 aromatic carbocycles. The fourth-order valence-corrected chi connectivity index (χ4v) is 1.78. The summed E-state index contributed by atoms with van der Waals surface area (Å²) in [5.74, 6) is -12.8. The topological polar surface area (TPSA) is 18.5 Å². The second-order valence-electron chi connectivity index (χ2n) is 4.38. The maximum Gasteiger partial charge on any atom is 0.365 e. The van der Waals surface area contributed by atoms with E-state index in [4.69, 9.17) is 4.74 Å². The zero-order valence-electron chi connectivity index (χ0n) is 10.6. The average Bonchev–Trinajstić information content (AvgIpc) is 2.43. The average molecular weight is 294 g/mol. The number of aryl methyl sites for hydroxylation is 1. The van der Waals surface area contributed by atoms with Gasteiger partial charge in [-0.2, -0.15) is 13.2 Å². The number of halogens is 5. The Morgan fingerprint density at radius 2 is 1.75 bits per heavy atom. The molecular formula is C13H11F5O2. The first-order chi connectivity index (χ1) is 9.24. The van der Waals surface area contributed by atoms with E-state index in [9.17, 15) is 22.0 Å². The minimum atomic E-state index is -4.60. The molecule has 7 heteroatoms. The highest BCUT2D eigenvalue weighted by Gasteiger charge is 2.74. The van der Waals surface area contributed by atoms with Gasteiger partial charge in [0.15, 0.2) is 0 Å². The second-order valence-corrected chi connectivity index (χ2v) is 4.38. The lowest BCUT2D eigenvalue weighted by molar-refractivity contribution is -0.288. The molecule has 110 valence electrons. The van der Waals surface area contributed by atoms with Gasteiger partial charge in [0.25, 0.3) is 0 Å². The van der Waals surface area contributed by atoms with Gasteiger partial charge in [-0.25, -0.2) is 8.78 Å². The lowest BCUT2D eigenvalue weighted by Crippen LogP contribution is -2.56. The molecule has 2 nitrogen and oxygen atoms in total. The summed E-state index contributed by atoms with van der Waals surface area (Å²) in [7, 11) is 1.44. The first-order valence-corrected chi connectivity index (χ1v) is 5.64. The van der Waals surface area contributed by atoms with Crippen LogP contribution in [-0.2, 0) is 11.3 Å². The minimum Gasteiger partial charge on any atom is -0.497 e. The molecule has 0 saturated heterocycles. The molecule has 1 unspecified atom stereocenters. The fourth-order valence-electron chi connectivity index (χ4n) is 1.78. The van der Waals surface area contributed by atoms with E-state index in [1.54, 1.807) is 13.0 Å². The van der Waals surface area contributed by atoms with E-state index < -0.39 is 30.0 Å². The van der Waals surface area contributed by atoms with E-state index in [-0.39, 0.29) is 0 Å². The highest BCUT2D eigenvalue weighted by molar-refractivity contribution is 5.37. The van der Waals surface area contributed by atoms with Gasteiger partial charge in [0.1, 0.15) is 5.75 Å². The Balaban J connectivity index is 2.14. The Labute approximate surface area is 111 Å². The van der Waals surface area contributed by atoms with E-state index in [1.165, 1.54) is 19.2 Å². The summed E-state index contributed by atoms with van der Waals surface area (Å²) in [5.41, 5.74) is 0.944. The van der Waals surface area contributed by atoms with Gasteiger partial charge in [0, 0.05) is 0 Å². The van der Waals surface area contributed by atoms with Crippen LogP contribution < -0.4 is 4.74 Å². The third-order valence-corrected chi connectivity index (χ3v) is 3.13. The highest BCUT2D eigenvalue weighted by atomic mass is 19.3. The molecule has 20 heavy (non-hydrogen) atoms. The molecule has 1 atom stereocenters. The van der Waals surface area contributed by atoms with E-state index in [1.807, 2.05) is 0 Å². The predicted molar refractivity (Wildman–Crippen MR) is 60.5 cm³/mol. The molecule has 1 aliphatic rings. The number of hydrogen-bond acceptors (Lipinski definition) is 2. The minimum absolute atomic E-state index is 0.360. The van der Waals surface area contributed by atoms with Crippen molar-refractivity contribution < 1.29 is 31.4 Å². The number of methoxy groups -OCH3 is 1. The van der Waals surface area contributed by atoms with Crippen LogP contribution in [0, 0.1) is 6.92 Å². The lowest BCUT2D eigenvalue weighted by Gasteiger charge is -2.38. The van der Waals surface area contributed by atoms with Crippen molar-refractivity contribution in [3.63, 3.8) is 0 Å². The van der Waals surface area contributed by atoms with Crippen LogP contribution in [0.1, 0.15) is 11.1 Å². The standard InChI is InChI=1S/C13H11F5O2/c1-7-5-9(19-2)4-3-8(7)6-20-13(18)11(15)10(14)12(13,16)17/h3-5H,6H2,1-2H3. The van der Waals surface area contributed by atoms with Crippen LogP contribution in [0.25, 0.3) is 0 Å². The Bertz CT molecular complexity index is 570. The summed E-state index contributed by atoms with van der Waals surface area (Å²) in [5, 5.41) is 0. The van der Waals surface area contributed by atoms with Gasteiger partial charge >= 0.3 is 11.8 Å². The van der Waals surface area contributed by atoms with Crippen molar-refractivity contribution in [3.8, 4) is 5.75 Å². The van der Waals surface area contributed by atoms with Crippen molar-refractivity contribution in [2.45, 2.75) is 25.3 Å². The number of alkyl halides is 3. The number of hydrogen-bond donors (Lipinski definition) is 0. The highest BCUT2D eigenvalue weighted by Crippen LogP contribution is 2.56. The summed E-state index contributed by atoms with van der Waals surface area (Å²) in [4.78, 5) is 0. The Kier molecular flexibility index (Phi) is 3.49. The maximum absolute atomic E-state index is 13.6. The Hall–Kier alpha value is -1.63. The van der Waals surface area contributed by atoms with Crippen LogP contribution in [-0.4, -0.2) is 18.9 Å². The molecule has 0 bridgehead atoms. The van der Waals surface area contributed by atoms with Crippen molar-refractivity contribution in [2.24, 2.45) is 0 Å². The number of rotatable bonds is 4. The molecule has 1 aromatic rings. The van der Waals surface area contributed by atoms with Gasteiger partial charge in [0.05, 0.1) is 13.7 Å². The van der Waals surface area contributed by atoms with E-state index in [2.05, 4.69) is 4.74 Å². The van der Waals surface area contributed by atoms with Crippen molar-refractivity contribution in [2.75, 3.05) is 7.11 Å². The third kappa shape index (κ3) is 1.96. The molecular weight excluding hydrogens is 283 g/mol. The number of benzene rings is 1. The van der Waals surface area contributed by atoms with Crippen molar-refractivity contribution in [3.05, 3.63) is 41.0 Å². The van der Waals surface area contributed by atoms with Crippen LogP contribution in [0.5, 0.6) is 5.75 Å². The maximum atomic E-state index is 13.6. The molecule has 1 aliphatic carbocycles. The van der Waals surface area contributed by atoms with Crippen LogP contribution in [0.2, 0.25) is 0 Å². The molecule has 0 aromatic heterocycles. The van der Waals surface area contributed by atoms with Crippen molar-refractivity contribution >= 4 is 0 Å². The first kappa shape index (κ1) is 14.8. The van der Waals surface area contributed by atoms with Gasteiger partial charge in [0.2, 0.25) is 11.7 Å². The molecule has 0 aliphatic heterocycles. The first-order valence-electron chi connectivity index (χ1n) is 5.64. The van der Waals surface area contributed by atoms with Gasteiger partial charge < -0.3 is 9.47 Å². The normalized spacial score (nSPS) is 24.6. The smallest absolute Gasteiger partial charge is 0.365 e. The number of ether oxygens (including phenoxy) is 2. The summed E-state index contributed by atoms with van der Waals surface area (Å²) in [6, 6.07) is 4.56. The Morgan fingerprint density at radius 1 is 1.10 bits per heavy atom. The summed E-state index contributed by atoms with van der Waals surface area (Å²) >= 11 is 0. The molecule has 2 rings (SSSR count). The van der Waals surface area contributed by atoms with E-state index >= 15 is 0 Å². The van der Waals surface area contributed by atoms with Gasteiger partial charge in [-0.05, 0) is 30.2 Å². The van der Waals surface area contributed by atoms with Gasteiger partial charge in [-0.1, -0.05) is 6.07 Å². The zero-order chi connectivity index (χ0) is 15.1. The zero-order valence-corrected chi connectivity index (χ0v) is 10.6. The van der Waals surface area contributed by atoms with Gasteiger partial charge in [-0.3, -0.25) is 0 Å². The van der Waals surface area contributed by atoms with E-state index in [0.717, 1.165) is 0 Å². The van der Waals surface area contributed by atoms with Crippen molar-refractivity contribution in [1.29, 1.82) is 0 Å². The molecule has 0 spiro atoms. The largest absolute Gasteiger partial charge is 0.497 e. The summed E-state index contributed by atoms with van der Waals surface area (Å²) in [6.45, 7) is 1.00. The summed E-state index contributed by atoms with van der Waals surface area (Å²) < 4.78 is 74.1. The lowest BCUT2D eigenvalue weighted by atomic mass is 9.95. The monoisotopic (exact) mass is 294 g/mol. The second kappa shape index (κ2) is 4.73. The molecule has 0 saturated carbocycles.